The van der Waals surface area contributed by atoms with Gasteiger partial charge in [0, 0.05) is 32.0 Å². The van der Waals surface area contributed by atoms with Crippen molar-refractivity contribution in [3.63, 3.8) is 0 Å². The first-order valence-corrected chi connectivity index (χ1v) is 9.43. The summed E-state index contributed by atoms with van der Waals surface area (Å²) in [4.78, 5) is 26.5. The lowest BCUT2D eigenvalue weighted by molar-refractivity contribution is -0.134. The molecule has 5 heteroatoms. The number of hydrogen-bond donors (Lipinski definition) is 1. The molecular formula is C20H28N2O3. The van der Waals surface area contributed by atoms with Crippen molar-refractivity contribution in [2.24, 2.45) is 0 Å². The maximum atomic E-state index is 12.3. The van der Waals surface area contributed by atoms with Gasteiger partial charge < -0.3 is 15.0 Å². The maximum Gasteiger partial charge on any atom is 0.224 e. The number of likely N-dealkylation sites (tertiary alicyclic amines) is 1. The Balaban J connectivity index is 1.44. The van der Waals surface area contributed by atoms with Crippen LogP contribution in [-0.2, 0) is 9.59 Å². The van der Waals surface area contributed by atoms with E-state index in [9.17, 15) is 9.59 Å². The third kappa shape index (κ3) is 4.53. The van der Waals surface area contributed by atoms with Crippen molar-refractivity contribution >= 4 is 11.8 Å². The van der Waals surface area contributed by atoms with Gasteiger partial charge in [0.2, 0.25) is 11.8 Å². The zero-order chi connectivity index (χ0) is 17.6. The van der Waals surface area contributed by atoms with E-state index in [1.165, 1.54) is 6.42 Å². The number of ether oxygens (including phenoxy) is 1. The zero-order valence-electron chi connectivity index (χ0n) is 15.0. The summed E-state index contributed by atoms with van der Waals surface area (Å²) in [6.45, 7) is 4.04. The second kappa shape index (κ2) is 8.37. The smallest absolute Gasteiger partial charge is 0.224 e. The number of hydrogen-bond acceptors (Lipinski definition) is 3. The van der Waals surface area contributed by atoms with Crippen LogP contribution in [0.25, 0.3) is 0 Å². The van der Waals surface area contributed by atoms with E-state index in [0.717, 1.165) is 37.1 Å². The summed E-state index contributed by atoms with van der Waals surface area (Å²) >= 11 is 0. The summed E-state index contributed by atoms with van der Waals surface area (Å²) in [6, 6.07) is 8.26. The lowest BCUT2D eigenvalue weighted by Crippen LogP contribution is -2.43. The molecule has 0 unspecified atom stereocenters. The van der Waals surface area contributed by atoms with E-state index in [0.29, 0.717) is 32.0 Å². The second-order valence-electron chi connectivity index (χ2n) is 7.11. The number of rotatable bonds is 5. The van der Waals surface area contributed by atoms with E-state index < -0.39 is 0 Å². The van der Waals surface area contributed by atoms with Crippen LogP contribution in [0.5, 0.6) is 5.75 Å². The van der Waals surface area contributed by atoms with Gasteiger partial charge >= 0.3 is 0 Å². The molecule has 0 saturated carbocycles. The number of carbonyl (C=O) groups excluding carboxylic acids is 2. The van der Waals surface area contributed by atoms with Gasteiger partial charge in [-0.25, -0.2) is 0 Å². The summed E-state index contributed by atoms with van der Waals surface area (Å²) < 4.78 is 5.64. The SMILES string of the molecule is C[C@@H]1CCCCN1C(=O)CCNC(=O)C[C@@H]1CCOc2ccccc21. The maximum absolute atomic E-state index is 12.3. The average Bonchev–Trinajstić information content (AvgIpc) is 2.62. The molecule has 2 atom stereocenters. The van der Waals surface area contributed by atoms with Crippen molar-refractivity contribution in [1.29, 1.82) is 0 Å². The number of nitrogens with one attached hydrogen (secondary N) is 1. The third-order valence-corrected chi connectivity index (χ3v) is 5.30. The van der Waals surface area contributed by atoms with Crippen LogP contribution in [0.1, 0.15) is 56.9 Å². The highest BCUT2D eigenvalue weighted by atomic mass is 16.5. The van der Waals surface area contributed by atoms with E-state index in [1.54, 1.807) is 0 Å². The first-order chi connectivity index (χ1) is 12.1. The number of para-hydroxylation sites is 1. The van der Waals surface area contributed by atoms with Crippen LogP contribution in [-0.4, -0.2) is 42.5 Å². The van der Waals surface area contributed by atoms with Gasteiger partial charge in [-0.2, -0.15) is 0 Å². The molecule has 136 valence electrons. The van der Waals surface area contributed by atoms with E-state index in [4.69, 9.17) is 4.74 Å². The highest BCUT2D eigenvalue weighted by Gasteiger charge is 2.25. The summed E-state index contributed by atoms with van der Waals surface area (Å²) in [7, 11) is 0. The molecule has 1 aromatic rings. The quantitative estimate of drug-likeness (QED) is 0.893. The predicted molar refractivity (Wildman–Crippen MR) is 96.6 cm³/mol. The topological polar surface area (TPSA) is 58.6 Å². The number of benzene rings is 1. The van der Waals surface area contributed by atoms with Gasteiger partial charge in [-0.3, -0.25) is 9.59 Å². The van der Waals surface area contributed by atoms with Crippen LogP contribution in [0.15, 0.2) is 24.3 Å². The van der Waals surface area contributed by atoms with E-state index >= 15 is 0 Å². The fourth-order valence-corrected chi connectivity index (χ4v) is 3.84. The molecule has 2 aliphatic heterocycles. The van der Waals surface area contributed by atoms with Crippen LogP contribution in [0.4, 0.5) is 0 Å². The Bertz CT molecular complexity index is 617. The molecule has 2 amide bonds. The molecular weight excluding hydrogens is 316 g/mol. The largest absolute Gasteiger partial charge is 0.493 e. The highest BCUT2D eigenvalue weighted by molar-refractivity contribution is 5.79. The molecule has 25 heavy (non-hydrogen) atoms. The molecule has 2 heterocycles. The van der Waals surface area contributed by atoms with Crippen molar-refractivity contribution in [1.82, 2.24) is 10.2 Å². The molecule has 5 nitrogen and oxygen atoms in total. The molecule has 0 radical (unpaired) electrons. The van der Waals surface area contributed by atoms with Crippen LogP contribution in [0.3, 0.4) is 0 Å². The fraction of sp³-hybridized carbons (Fsp3) is 0.600. The molecule has 1 aromatic carbocycles. The molecule has 2 aliphatic rings. The van der Waals surface area contributed by atoms with Gasteiger partial charge in [-0.05, 0) is 50.2 Å². The fourth-order valence-electron chi connectivity index (χ4n) is 3.84. The summed E-state index contributed by atoms with van der Waals surface area (Å²) in [5.41, 5.74) is 1.11. The van der Waals surface area contributed by atoms with Gasteiger partial charge in [0.15, 0.2) is 0 Å². The summed E-state index contributed by atoms with van der Waals surface area (Å²) in [5, 5.41) is 2.92. The Hall–Kier alpha value is -2.04. The first kappa shape index (κ1) is 17.8. The lowest BCUT2D eigenvalue weighted by atomic mass is 9.90. The van der Waals surface area contributed by atoms with Gasteiger partial charge in [0.1, 0.15) is 5.75 Å². The van der Waals surface area contributed by atoms with Crippen LogP contribution >= 0.6 is 0 Å². The molecule has 1 saturated heterocycles. The number of piperidine rings is 1. The van der Waals surface area contributed by atoms with E-state index in [1.807, 2.05) is 29.2 Å². The van der Waals surface area contributed by atoms with E-state index in [2.05, 4.69) is 12.2 Å². The molecule has 3 rings (SSSR count). The van der Waals surface area contributed by atoms with Gasteiger partial charge in [-0.1, -0.05) is 18.2 Å². The standard InChI is InChI=1S/C20H28N2O3/c1-15-6-4-5-12-22(15)20(24)9-11-21-19(23)14-16-10-13-25-18-8-3-2-7-17(16)18/h2-3,7-8,15-16H,4-6,9-14H2,1H3,(H,21,23)/t15-,16+/m1/s1. The minimum atomic E-state index is 0.0150. The van der Waals surface area contributed by atoms with Gasteiger partial charge in [-0.15, -0.1) is 0 Å². The molecule has 0 aliphatic carbocycles. The molecule has 1 fully saturated rings. The molecule has 1 N–H and O–H groups in total. The zero-order valence-corrected chi connectivity index (χ0v) is 15.0. The minimum absolute atomic E-state index is 0.0150. The highest BCUT2D eigenvalue weighted by Crippen LogP contribution is 2.35. The minimum Gasteiger partial charge on any atom is -0.493 e. The van der Waals surface area contributed by atoms with Crippen LogP contribution in [0, 0.1) is 0 Å². The number of amides is 2. The van der Waals surface area contributed by atoms with Crippen molar-refractivity contribution < 1.29 is 14.3 Å². The third-order valence-electron chi connectivity index (χ3n) is 5.30. The lowest BCUT2D eigenvalue weighted by Gasteiger charge is -2.33. The van der Waals surface area contributed by atoms with Gasteiger partial charge in [0.25, 0.3) is 0 Å². The van der Waals surface area contributed by atoms with Crippen molar-refractivity contribution in [3.05, 3.63) is 29.8 Å². The number of fused-ring (bicyclic) bond motifs is 1. The molecule has 0 aromatic heterocycles. The Morgan fingerprint density at radius 3 is 2.92 bits per heavy atom. The monoisotopic (exact) mass is 344 g/mol. The van der Waals surface area contributed by atoms with E-state index in [-0.39, 0.29) is 17.7 Å². The van der Waals surface area contributed by atoms with Crippen LogP contribution in [0.2, 0.25) is 0 Å². The Kier molecular flexibility index (Phi) is 5.95. The number of nitrogens with zero attached hydrogens (tertiary/aromatic N) is 1. The van der Waals surface area contributed by atoms with Crippen molar-refractivity contribution in [2.75, 3.05) is 19.7 Å². The number of carbonyl (C=O) groups is 2. The second-order valence-corrected chi connectivity index (χ2v) is 7.11. The predicted octanol–water partition coefficient (Wildman–Crippen LogP) is 2.85. The Labute approximate surface area is 149 Å². The van der Waals surface area contributed by atoms with Crippen molar-refractivity contribution in [2.45, 2.75) is 57.4 Å². The first-order valence-electron chi connectivity index (χ1n) is 9.43. The van der Waals surface area contributed by atoms with Crippen LogP contribution < -0.4 is 10.1 Å². The average molecular weight is 344 g/mol. The summed E-state index contributed by atoms with van der Waals surface area (Å²) in [5.74, 6) is 1.26. The summed E-state index contributed by atoms with van der Waals surface area (Å²) in [6.07, 6.45) is 5.07. The normalized spacial score (nSPS) is 22.7. The van der Waals surface area contributed by atoms with Gasteiger partial charge in [0.05, 0.1) is 6.61 Å². The Morgan fingerprint density at radius 1 is 1.24 bits per heavy atom. The van der Waals surface area contributed by atoms with Crippen molar-refractivity contribution in [3.8, 4) is 5.75 Å². The Morgan fingerprint density at radius 2 is 2.08 bits per heavy atom. The molecule has 0 bridgehead atoms. The molecule has 0 spiro atoms.